The Kier molecular flexibility index (Phi) is 3.71. The van der Waals surface area contributed by atoms with Crippen molar-refractivity contribution >= 4 is 23.0 Å². The van der Waals surface area contributed by atoms with Gasteiger partial charge in [-0.2, -0.15) is 0 Å². The van der Waals surface area contributed by atoms with Crippen LogP contribution in [0.25, 0.3) is 0 Å². The first-order valence-electron chi connectivity index (χ1n) is 6.76. The molecule has 1 aromatic carbocycles. The quantitative estimate of drug-likeness (QED) is 0.901. The van der Waals surface area contributed by atoms with Crippen LogP contribution in [0.2, 0.25) is 5.02 Å². The van der Waals surface area contributed by atoms with Crippen LogP contribution in [0.15, 0.2) is 12.1 Å². The molecular weight excluding hydrogens is 262 g/mol. The average Bonchev–Trinajstić information content (AvgIpc) is 2.46. The third kappa shape index (κ3) is 2.60. The van der Waals surface area contributed by atoms with Crippen molar-refractivity contribution < 1.29 is 4.74 Å². The lowest BCUT2D eigenvalue weighted by molar-refractivity contribution is 0.305. The molecule has 0 saturated carbocycles. The van der Waals surface area contributed by atoms with Crippen molar-refractivity contribution in [3.05, 3.63) is 23.7 Å². The number of hydrogen-bond acceptors (Lipinski definition) is 4. The molecule has 5 heteroatoms. The summed E-state index contributed by atoms with van der Waals surface area (Å²) in [6, 6.07) is 3.95. The Labute approximate surface area is 119 Å². The second kappa shape index (κ2) is 5.47. The van der Waals surface area contributed by atoms with E-state index in [0.717, 1.165) is 54.9 Å². The van der Waals surface area contributed by atoms with Gasteiger partial charge in [0, 0.05) is 44.3 Å². The van der Waals surface area contributed by atoms with Gasteiger partial charge in [-0.25, -0.2) is 0 Å². The second-order valence-electron chi connectivity index (χ2n) is 4.86. The van der Waals surface area contributed by atoms with Gasteiger partial charge in [-0.3, -0.25) is 4.90 Å². The van der Waals surface area contributed by atoms with E-state index in [1.54, 1.807) is 0 Å². The molecule has 1 fully saturated rings. The van der Waals surface area contributed by atoms with Crippen LogP contribution in [0.3, 0.4) is 0 Å². The monoisotopic (exact) mass is 280 g/mol. The molecule has 0 atom stereocenters. The first-order valence-corrected chi connectivity index (χ1v) is 7.14. The van der Waals surface area contributed by atoms with E-state index in [1.807, 2.05) is 12.1 Å². The van der Waals surface area contributed by atoms with Crippen molar-refractivity contribution in [1.29, 1.82) is 0 Å². The summed E-state index contributed by atoms with van der Waals surface area (Å²) in [5.41, 5.74) is 2.13. The summed E-state index contributed by atoms with van der Waals surface area (Å²) < 4.78 is 5.83. The van der Waals surface area contributed by atoms with Crippen molar-refractivity contribution in [2.24, 2.45) is 0 Å². The van der Waals surface area contributed by atoms with Crippen molar-refractivity contribution in [1.82, 2.24) is 4.90 Å². The van der Waals surface area contributed by atoms with Crippen LogP contribution in [-0.4, -0.2) is 44.2 Å². The highest BCUT2D eigenvalue weighted by molar-refractivity contribution is 6.31. The lowest BCUT2D eigenvalue weighted by Gasteiger charge is -2.37. The first kappa shape index (κ1) is 12.9. The first-order chi connectivity index (χ1) is 9.28. The smallest absolute Gasteiger partial charge is 0.165 e. The maximum atomic E-state index is 6.22. The zero-order chi connectivity index (χ0) is 13.2. The van der Waals surface area contributed by atoms with Crippen LogP contribution < -0.4 is 15.0 Å². The fraction of sp³-hybridized carbons (Fsp3) is 0.500. The van der Waals surface area contributed by atoms with E-state index in [4.69, 9.17) is 16.3 Å². The third-order valence-electron chi connectivity index (χ3n) is 3.72. The lowest BCUT2D eigenvalue weighted by atomic mass is 10.2. The molecule has 3 rings (SSSR count). The molecule has 0 spiro atoms. The number of rotatable bonds is 2. The Morgan fingerprint density at radius 3 is 2.79 bits per heavy atom. The van der Waals surface area contributed by atoms with Crippen molar-refractivity contribution in [2.45, 2.75) is 6.92 Å². The molecule has 0 unspecified atom stereocenters. The topological polar surface area (TPSA) is 27.7 Å². The molecule has 2 aliphatic rings. The van der Waals surface area contributed by atoms with E-state index in [2.05, 4.69) is 28.6 Å². The number of nitrogens with one attached hydrogen (secondary N) is 1. The summed E-state index contributed by atoms with van der Waals surface area (Å²) >= 11 is 6.22. The molecule has 0 amide bonds. The van der Waals surface area contributed by atoms with Gasteiger partial charge in [0.2, 0.25) is 0 Å². The summed E-state index contributed by atoms with van der Waals surface area (Å²) in [7, 11) is 0. The van der Waals surface area contributed by atoms with Crippen LogP contribution in [0.1, 0.15) is 6.92 Å². The number of halogens is 1. The maximum Gasteiger partial charge on any atom is 0.165 e. The van der Waals surface area contributed by atoms with Crippen LogP contribution in [0.4, 0.5) is 11.4 Å². The van der Waals surface area contributed by atoms with Crippen molar-refractivity contribution in [3.63, 3.8) is 0 Å². The van der Waals surface area contributed by atoms with Gasteiger partial charge in [-0.1, -0.05) is 11.6 Å². The Morgan fingerprint density at radius 2 is 2.05 bits per heavy atom. The fourth-order valence-corrected chi connectivity index (χ4v) is 2.87. The minimum atomic E-state index is 0.713. The largest absolute Gasteiger partial charge is 0.487 e. The van der Waals surface area contributed by atoms with Crippen molar-refractivity contribution in [3.8, 4) is 5.75 Å². The second-order valence-corrected chi connectivity index (χ2v) is 5.29. The molecule has 1 radical (unpaired) electrons. The van der Waals surface area contributed by atoms with Gasteiger partial charge in [0.1, 0.15) is 6.61 Å². The highest BCUT2D eigenvalue weighted by Gasteiger charge is 2.23. The minimum absolute atomic E-state index is 0.713. The van der Waals surface area contributed by atoms with E-state index in [-0.39, 0.29) is 0 Å². The van der Waals surface area contributed by atoms with E-state index < -0.39 is 0 Å². The SMILES string of the molecule is C[CH]N1CCN(c2cc(Cl)cc3c2OCCN3)CC1. The zero-order valence-corrected chi connectivity index (χ0v) is 11.9. The normalized spacial score (nSPS) is 19.6. The Morgan fingerprint density at radius 1 is 1.26 bits per heavy atom. The molecule has 4 nitrogen and oxygen atoms in total. The molecule has 1 N–H and O–H groups in total. The summed E-state index contributed by atoms with van der Waals surface area (Å²) in [5, 5.41) is 4.11. The maximum absolute atomic E-state index is 6.22. The lowest BCUT2D eigenvalue weighted by Crippen LogP contribution is -2.45. The standard InChI is InChI=1S/C14H19ClN3O/c1-2-17-4-6-18(7-5-17)13-10-11(15)9-12-14(13)19-8-3-16-12/h2,9-10,16H,3-8H2,1H3. The van der Waals surface area contributed by atoms with Crippen LogP contribution >= 0.6 is 11.6 Å². The summed E-state index contributed by atoms with van der Waals surface area (Å²) in [6.45, 7) is 9.89. The predicted molar refractivity (Wildman–Crippen MR) is 79.2 cm³/mol. The van der Waals surface area contributed by atoms with Gasteiger partial charge >= 0.3 is 0 Å². The molecular formula is C14H19ClN3O. The Bertz CT molecular complexity index is 458. The van der Waals surface area contributed by atoms with E-state index in [1.165, 1.54) is 0 Å². The number of fused-ring (bicyclic) bond motifs is 1. The van der Waals surface area contributed by atoms with E-state index in [9.17, 15) is 0 Å². The molecule has 103 valence electrons. The molecule has 0 aromatic heterocycles. The van der Waals surface area contributed by atoms with Gasteiger partial charge in [0.05, 0.1) is 11.4 Å². The van der Waals surface area contributed by atoms with Crippen LogP contribution in [-0.2, 0) is 0 Å². The molecule has 1 saturated heterocycles. The van der Waals surface area contributed by atoms with Gasteiger partial charge in [0.25, 0.3) is 0 Å². The van der Waals surface area contributed by atoms with E-state index in [0.29, 0.717) is 6.61 Å². The van der Waals surface area contributed by atoms with Crippen LogP contribution in [0.5, 0.6) is 5.75 Å². The van der Waals surface area contributed by atoms with Crippen LogP contribution in [0, 0.1) is 6.54 Å². The third-order valence-corrected chi connectivity index (χ3v) is 3.94. The van der Waals surface area contributed by atoms with Gasteiger partial charge in [-0.05, 0) is 19.1 Å². The molecule has 19 heavy (non-hydrogen) atoms. The van der Waals surface area contributed by atoms with Gasteiger partial charge in [-0.15, -0.1) is 0 Å². The number of benzene rings is 1. The summed E-state index contributed by atoms with van der Waals surface area (Å²) in [4.78, 5) is 4.70. The molecule has 2 aliphatic heterocycles. The number of piperazine rings is 1. The number of ether oxygens (including phenoxy) is 1. The number of hydrogen-bond donors (Lipinski definition) is 1. The van der Waals surface area contributed by atoms with Gasteiger partial charge in [0.15, 0.2) is 5.75 Å². The Hall–Kier alpha value is -1.13. The molecule has 0 aliphatic carbocycles. The minimum Gasteiger partial charge on any atom is -0.487 e. The fourth-order valence-electron chi connectivity index (χ4n) is 2.66. The van der Waals surface area contributed by atoms with Gasteiger partial charge < -0.3 is 15.0 Å². The highest BCUT2D eigenvalue weighted by Crippen LogP contribution is 2.40. The molecule has 2 heterocycles. The zero-order valence-electron chi connectivity index (χ0n) is 11.2. The predicted octanol–water partition coefficient (Wildman–Crippen LogP) is 2.45. The summed E-state index contributed by atoms with van der Waals surface area (Å²) in [5.74, 6) is 0.949. The molecule has 1 aromatic rings. The average molecular weight is 281 g/mol. The molecule has 0 bridgehead atoms. The Balaban J connectivity index is 1.86. The van der Waals surface area contributed by atoms with E-state index >= 15 is 0 Å². The summed E-state index contributed by atoms with van der Waals surface area (Å²) in [6.07, 6.45) is 0. The van der Waals surface area contributed by atoms with Crippen molar-refractivity contribution in [2.75, 3.05) is 49.5 Å². The number of anilines is 2. The highest BCUT2D eigenvalue weighted by atomic mass is 35.5. The number of nitrogens with zero attached hydrogens (tertiary/aromatic N) is 2.